The van der Waals surface area contributed by atoms with Crippen molar-refractivity contribution in [2.45, 2.75) is 13.3 Å². The summed E-state index contributed by atoms with van der Waals surface area (Å²) >= 11 is 0. The number of sulfonamides is 1. The first-order valence-electron chi connectivity index (χ1n) is 7.80. The minimum absolute atomic E-state index is 0.0657. The molecule has 0 radical (unpaired) electrons. The predicted molar refractivity (Wildman–Crippen MR) is 96.0 cm³/mol. The van der Waals surface area contributed by atoms with E-state index in [1.807, 2.05) is 0 Å². The minimum atomic E-state index is -3.30. The molecule has 0 aliphatic carbocycles. The van der Waals surface area contributed by atoms with Gasteiger partial charge < -0.3 is 10.6 Å². The van der Waals surface area contributed by atoms with E-state index in [1.54, 1.807) is 31.2 Å². The smallest absolute Gasteiger partial charge is 0.307 e. The van der Waals surface area contributed by atoms with Gasteiger partial charge in [-0.2, -0.15) is 0 Å². The maximum Gasteiger partial charge on any atom is 0.323 e. The van der Waals surface area contributed by atoms with Crippen molar-refractivity contribution in [3.8, 4) is 0 Å². The summed E-state index contributed by atoms with van der Waals surface area (Å²) in [6.07, 6.45) is 0.576. The highest BCUT2D eigenvalue weighted by molar-refractivity contribution is 7.93. The van der Waals surface area contributed by atoms with Gasteiger partial charge in [-0.3, -0.25) is 4.31 Å². The van der Waals surface area contributed by atoms with Crippen molar-refractivity contribution in [3.63, 3.8) is 0 Å². The van der Waals surface area contributed by atoms with Crippen LogP contribution in [0.2, 0.25) is 0 Å². The van der Waals surface area contributed by atoms with Crippen molar-refractivity contribution in [2.24, 2.45) is 0 Å². The predicted octanol–water partition coefficient (Wildman–Crippen LogP) is 3.32. The summed E-state index contributed by atoms with van der Waals surface area (Å²) in [7, 11) is -3.30. The van der Waals surface area contributed by atoms with E-state index >= 15 is 0 Å². The molecule has 1 saturated heterocycles. The molecule has 0 saturated carbocycles. The molecule has 6 nitrogen and oxygen atoms in total. The molecule has 2 aromatic carbocycles. The SMILES string of the molecule is Cc1ccc(N2CCCS2(=O)=O)cc1NC(=O)Nc1ccccc1F. The molecule has 2 aromatic rings. The van der Waals surface area contributed by atoms with Crippen LogP contribution in [0, 0.1) is 12.7 Å². The number of para-hydroxylation sites is 1. The van der Waals surface area contributed by atoms with Crippen LogP contribution in [0.25, 0.3) is 0 Å². The summed E-state index contributed by atoms with van der Waals surface area (Å²) in [6, 6.07) is 10.3. The number of rotatable bonds is 3. The molecule has 1 aliphatic heterocycles. The van der Waals surface area contributed by atoms with E-state index < -0.39 is 21.9 Å². The van der Waals surface area contributed by atoms with Crippen LogP contribution in [-0.2, 0) is 10.0 Å². The summed E-state index contributed by atoms with van der Waals surface area (Å²) in [4.78, 5) is 12.1. The van der Waals surface area contributed by atoms with Crippen molar-refractivity contribution in [3.05, 3.63) is 53.8 Å². The molecule has 2 amide bonds. The van der Waals surface area contributed by atoms with E-state index in [2.05, 4.69) is 10.6 Å². The molecule has 1 aliphatic rings. The third kappa shape index (κ3) is 3.74. The molecule has 0 bridgehead atoms. The number of amides is 2. The lowest BCUT2D eigenvalue weighted by Crippen LogP contribution is -2.25. The van der Waals surface area contributed by atoms with Gasteiger partial charge in [0.15, 0.2) is 0 Å². The molecule has 132 valence electrons. The molecule has 1 fully saturated rings. The molecule has 0 spiro atoms. The molecule has 2 N–H and O–H groups in total. The molecule has 0 unspecified atom stereocenters. The highest BCUT2D eigenvalue weighted by atomic mass is 32.2. The normalized spacial score (nSPS) is 15.8. The fraction of sp³-hybridized carbons (Fsp3) is 0.235. The van der Waals surface area contributed by atoms with Crippen LogP contribution < -0.4 is 14.9 Å². The van der Waals surface area contributed by atoms with Crippen molar-refractivity contribution >= 4 is 33.1 Å². The van der Waals surface area contributed by atoms with Crippen molar-refractivity contribution in [1.82, 2.24) is 0 Å². The first-order valence-corrected chi connectivity index (χ1v) is 9.41. The summed E-state index contributed by atoms with van der Waals surface area (Å²) in [5.74, 6) is -0.413. The van der Waals surface area contributed by atoms with Crippen LogP contribution in [-0.4, -0.2) is 26.7 Å². The first-order chi connectivity index (χ1) is 11.9. The lowest BCUT2D eigenvalue weighted by molar-refractivity contribution is 0.262. The number of carbonyl (C=O) groups excluding carboxylic acids is 1. The number of hydrogen-bond donors (Lipinski definition) is 2. The van der Waals surface area contributed by atoms with Gasteiger partial charge in [0.05, 0.1) is 17.1 Å². The maximum absolute atomic E-state index is 13.6. The van der Waals surface area contributed by atoms with Gasteiger partial charge in [0.25, 0.3) is 0 Å². The van der Waals surface area contributed by atoms with E-state index in [0.717, 1.165) is 5.56 Å². The summed E-state index contributed by atoms with van der Waals surface area (Å²) in [6.45, 7) is 2.22. The molecule has 8 heteroatoms. The zero-order chi connectivity index (χ0) is 18.0. The van der Waals surface area contributed by atoms with Gasteiger partial charge in [0.1, 0.15) is 5.82 Å². The Kier molecular flexibility index (Phi) is 4.63. The number of aryl methyl sites for hydroxylation is 1. The zero-order valence-corrected chi connectivity index (χ0v) is 14.4. The Bertz CT molecular complexity index is 915. The topological polar surface area (TPSA) is 78.5 Å². The van der Waals surface area contributed by atoms with Gasteiger partial charge in [-0.05, 0) is 43.2 Å². The van der Waals surface area contributed by atoms with E-state index in [1.165, 1.54) is 22.5 Å². The van der Waals surface area contributed by atoms with Crippen LogP contribution in [0.5, 0.6) is 0 Å². The van der Waals surface area contributed by atoms with Gasteiger partial charge in [0.2, 0.25) is 10.0 Å². The van der Waals surface area contributed by atoms with Gasteiger partial charge in [-0.1, -0.05) is 18.2 Å². The Hall–Kier alpha value is -2.61. The van der Waals surface area contributed by atoms with Crippen LogP contribution >= 0.6 is 0 Å². The Morgan fingerprint density at radius 1 is 1.12 bits per heavy atom. The van der Waals surface area contributed by atoms with Crippen LogP contribution in [0.3, 0.4) is 0 Å². The number of benzene rings is 2. The second-order valence-electron chi connectivity index (χ2n) is 5.80. The average Bonchev–Trinajstić information content (AvgIpc) is 2.91. The molecule has 1 heterocycles. The number of nitrogens with zero attached hydrogens (tertiary/aromatic N) is 1. The summed E-state index contributed by atoms with van der Waals surface area (Å²) < 4.78 is 39.0. The molecular formula is C17H18FN3O3S. The van der Waals surface area contributed by atoms with Gasteiger partial charge in [0, 0.05) is 12.2 Å². The minimum Gasteiger partial charge on any atom is -0.307 e. The van der Waals surface area contributed by atoms with E-state index in [9.17, 15) is 17.6 Å². The zero-order valence-electron chi connectivity index (χ0n) is 13.6. The largest absolute Gasteiger partial charge is 0.323 e. The second-order valence-corrected chi connectivity index (χ2v) is 7.81. The fourth-order valence-electron chi connectivity index (χ4n) is 2.67. The van der Waals surface area contributed by atoms with Crippen LogP contribution in [0.1, 0.15) is 12.0 Å². The number of nitrogens with one attached hydrogen (secondary N) is 2. The Morgan fingerprint density at radius 2 is 1.84 bits per heavy atom. The van der Waals surface area contributed by atoms with Crippen molar-refractivity contribution in [1.29, 1.82) is 0 Å². The fourth-order valence-corrected chi connectivity index (χ4v) is 4.22. The average molecular weight is 363 g/mol. The number of halogens is 1. The van der Waals surface area contributed by atoms with Gasteiger partial charge >= 0.3 is 6.03 Å². The lowest BCUT2D eigenvalue weighted by atomic mass is 10.2. The van der Waals surface area contributed by atoms with Crippen LogP contribution in [0.4, 0.5) is 26.2 Å². The molecule has 3 rings (SSSR count). The van der Waals surface area contributed by atoms with Gasteiger partial charge in [-0.25, -0.2) is 17.6 Å². The highest BCUT2D eigenvalue weighted by Gasteiger charge is 2.28. The molecule has 0 aromatic heterocycles. The summed E-state index contributed by atoms with van der Waals surface area (Å²) in [5.41, 5.74) is 1.80. The second kappa shape index (κ2) is 6.72. The third-order valence-electron chi connectivity index (χ3n) is 3.98. The van der Waals surface area contributed by atoms with Crippen molar-refractivity contribution < 1.29 is 17.6 Å². The standard InChI is InChI=1S/C17H18FN3O3S/c1-12-7-8-13(21-9-4-10-25(21,23)24)11-16(12)20-17(22)19-15-6-3-2-5-14(15)18/h2-3,5-8,11H,4,9-10H2,1H3,(H2,19,20,22). The monoisotopic (exact) mass is 363 g/mol. The number of hydrogen-bond acceptors (Lipinski definition) is 3. The van der Waals surface area contributed by atoms with E-state index in [4.69, 9.17) is 0 Å². The Balaban J connectivity index is 1.79. The summed E-state index contributed by atoms with van der Waals surface area (Å²) in [5, 5.41) is 5.07. The van der Waals surface area contributed by atoms with E-state index in [-0.39, 0.29) is 11.4 Å². The number of anilines is 3. The van der Waals surface area contributed by atoms with E-state index in [0.29, 0.717) is 24.3 Å². The first kappa shape index (κ1) is 17.2. The third-order valence-corrected chi connectivity index (χ3v) is 5.85. The number of carbonyl (C=O) groups is 1. The molecule has 0 atom stereocenters. The maximum atomic E-state index is 13.6. The molecular weight excluding hydrogens is 345 g/mol. The van der Waals surface area contributed by atoms with Gasteiger partial charge in [-0.15, -0.1) is 0 Å². The van der Waals surface area contributed by atoms with Crippen molar-refractivity contribution in [2.75, 3.05) is 27.2 Å². The quantitative estimate of drug-likeness (QED) is 0.878. The lowest BCUT2D eigenvalue weighted by Gasteiger charge is -2.19. The Labute approximate surface area is 145 Å². The Morgan fingerprint density at radius 3 is 2.52 bits per heavy atom. The number of urea groups is 1. The molecule has 25 heavy (non-hydrogen) atoms. The highest BCUT2D eigenvalue weighted by Crippen LogP contribution is 2.28. The van der Waals surface area contributed by atoms with Crippen LogP contribution in [0.15, 0.2) is 42.5 Å².